The van der Waals surface area contributed by atoms with Gasteiger partial charge in [-0.2, -0.15) is 0 Å². The molecule has 1 aromatic heterocycles. The van der Waals surface area contributed by atoms with Gasteiger partial charge in [-0.25, -0.2) is 4.98 Å². The molecule has 1 aromatic carbocycles. The van der Waals surface area contributed by atoms with Gasteiger partial charge in [-0.3, -0.25) is 0 Å². The van der Waals surface area contributed by atoms with Crippen molar-refractivity contribution in [3.63, 3.8) is 0 Å². The number of nitrogens with zero attached hydrogens (tertiary/aromatic N) is 3. The zero-order chi connectivity index (χ0) is 11.5. The van der Waals surface area contributed by atoms with Crippen LogP contribution in [-0.4, -0.2) is 20.6 Å². The first kappa shape index (κ1) is 10.2. The van der Waals surface area contributed by atoms with Crippen molar-refractivity contribution in [2.24, 2.45) is 10.9 Å². The number of benzene rings is 1. The third-order valence-electron chi connectivity index (χ3n) is 2.40. The van der Waals surface area contributed by atoms with E-state index in [0.717, 1.165) is 11.3 Å². The summed E-state index contributed by atoms with van der Waals surface area (Å²) in [7, 11) is 0. The van der Waals surface area contributed by atoms with Crippen molar-refractivity contribution >= 4 is 5.84 Å². The molecule has 16 heavy (non-hydrogen) atoms. The highest BCUT2D eigenvalue weighted by atomic mass is 16.4. The topological polar surface area (TPSA) is 76.4 Å². The van der Waals surface area contributed by atoms with Crippen LogP contribution in [0.1, 0.15) is 11.1 Å². The molecule has 5 heteroatoms. The number of hydrogen-bond donors (Lipinski definition) is 2. The number of oxime groups is 1. The Labute approximate surface area is 92.8 Å². The van der Waals surface area contributed by atoms with Crippen molar-refractivity contribution in [3.8, 4) is 5.69 Å². The fourth-order valence-electron chi connectivity index (χ4n) is 1.51. The Kier molecular flexibility index (Phi) is 2.59. The Morgan fingerprint density at radius 2 is 2.31 bits per heavy atom. The normalized spacial score (nSPS) is 11.7. The second kappa shape index (κ2) is 4.06. The van der Waals surface area contributed by atoms with Crippen molar-refractivity contribution in [1.29, 1.82) is 0 Å². The van der Waals surface area contributed by atoms with Gasteiger partial charge in [-0.05, 0) is 18.6 Å². The Hall–Kier alpha value is -2.30. The lowest BCUT2D eigenvalue weighted by molar-refractivity contribution is 0.318. The molecule has 82 valence electrons. The van der Waals surface area contributed by atoms with Gasteiger partial charge < -0.3 is 15.5 Å². The number of hydrogen-bond acceptors (Lipinski definition) is 3. The molecule has 0 aliphatic carbocycles. The lowest BCUT2D eigenvalue weighted by Crippen LogP contribution is -2.13. The number of nitrogens with two attached hydrogens (primary N) is 1. The van der Waals surface area contributed by atoms with Crippen LogP contribution in [-0.2, 0) is 0 Å². The fourth-order valence-corrected chi connectivity index (χ4v) is 1.51. The van der Waals surface area contributed by atoms with E-state index in [9.17, 15) is 0 Å². The minimum atomic E-state index is 0.0985. The highest BCUT2D eigenvalue weighted by molar-refractivity contribution is 5.97. The predicted molar refractivity (Wildman–Crippen MR) is 60.8 cm³/mol. The smallest absolute Gasteiger partial charge is 0.170 e. The SMILES string of the molecule is Cc1ccc(C(N)=NO)cc1-n1ccnc1. The van der Waals surface area contributed by atoms with Gasteiger partial charge in [-0.1, -0.05) is 17.3 Å². The maximum Gasteiger partial charge on any atom is 0.170 e. The molecule has 0 spiro atoms. The molecule has 0 amide bonds. The molecule has 1 heterocycles. The molecular formula is C11H12N4O. The zero-order valence-electron chi connectivity index (χ0n) is 8.83. The Morgan fingerprint density at radius 3 is 2.94 bits per heavy atom. The summed E-state index contributed by atoms with van der Waals surface area (Å²) < 4.78 is 1.88. The molecule has 3 N–H and O–H groups in total. The van der Waals surface area contributed by atoms with Crippen molar-refractivity contribution in [2.45, 2.75) is 6.92 Å². The Balaban J connectivity index is 2.53. The van der Waals surface area contributed by atoms with Gasteiger partial charge in [0.15, 0.2) is 5.84 Å². The largest absolute Gasteiger partial charge is 0.409 e. The molecular weight excluding hydrogens is 204 g/mol. The van der Waals surface area contributed by atoms with Crippen molar-refractivity contribution in [2.75, 3.05) is 0 Å². The van der Waals surface area contributed by atoms with Crippen molar-refractivity contribution in [3.05, 3.63) is 48.0 Å². The summed E-state index contributed by atoms with van der Waals surface area (Å²) in [5, 5.41) is 11.6. The van der Waals surface area contributed by atoms with Gasteiger partial charge in [0.2, 0.25) is 0 Å². The van der Waals surface area contributed by atoms with E-state index in [1.165, 1.54) is 0 Å². The van der Waals surface area contributed by atoms with Crippen LogP contribution in [0.25, 0.3) is 5.69 Å². The van der Waals surface area contributed by atoms with Gasteiger partial charge >= 0.3 is 0 Å². The predicted octanol–water partition coefficient (Wildman–Crippen LogP) is 1.28. The van der Waals surface area contributed by atoms with Crippen LogP contribution < -0.4 is 5.73 Å². The van der Waals surface area contributed by atoms with Crippen molar-refractivity contribution in [1.82, 2.24) is 9.55 Å². The maximum absolute atomic E-state index is 8.62. The van der Waals surface area contributed by atoms with Crippen LogP contribution in [0.15, 0.2) is 42.1 Å². The molecule has 0 atom stereocenters. The average molecular weight is 216 g/mol. The molecule has 0 unspecified atom stereocenters. The minimum Gasteiger partial charge on any atom is -0.409 e. The van der Waals surface area contributed by atoms with Crippen LogP contribution in [0, 0.1) is 6.92 Å². The van der Waals surface area contributed by atoms with E-state index < -0.39 is 0 Å². The Morgan fingerprint density at radius 1 is 1.50 bits per heavy atom. The molecule has 2 rings (SSSR count). The van der Waals surface area contributed by atoms with E-state index in [1.54, 1.807) is 12.5 Å². The first-order valence-corrected chi connectivity index (χ1v) is 4.79. The molecule has 0 aliphatic rings. The van der Waals surface area contributed by atoms with E-state index in [2.05, 4.69) is 10.1 Å². The minimum absolute atomic E-state index is 0.0985. The summed E-state index contributed by atoms with van der Waals surface area (Å²) in [4.78, 5) is 3.99. The molecule has 2 aromatic rings. The van der Waals surface area contributed by atoms with Crippen LogP contribution >= 0.6 is 0 Å². The lowest BCUT2D eigenvalue weighted by Gasteiger charge is -2.08. The summed E-state index contributed by atoms with van der Waals surface area (Å²) in [6.45, 7) is 1.99. The fraction of sp³-hybridized carbons (Fsp3) is 0.0909. The highest BCUT2D eigenvalue weighted by Crippen LogP contribution is 2.15. The summed E-state index contributed by atoms with van der Waals surface area (Å²) in [5.41, 5.74) is 8.27. The lowest BCUT2D eigenvalue weighted by atomic mass is 10.1. The Bertz CT molecular complexity index is 517. The van der Waals surface area contributed by atoms with E-state index in [-0.39, 0.29) is 5.84 Å². The quantitative estimate of drug-likeness (QED) is 0.343. The molecule has 0 saturated carbocycles. The van der Waals surface area contributed by atoms with Gasteiger partial charge in [0.25, 0.3) is 0 Å². The molecule has 5 nitrogen and oxygen atoms in total. The standard InChI is InChI=1S/C11H12N4O/c1-8-2-3-9(11(12)14-16)6-10(8)15-5-4-13-7-15/h2-7,16H,1H3,(H2,12,14). The summed E-state index contributed by atoms with van der Waals surface area (Å²) in [6, 6.07) is 5.58. The first-order chi connectivity index (χ1) is 7.72. The number of aryl methyl sites for hydroxylation is 1. The van der Waals surface area contributed by atoms with Crippen LogP contribution in [0.2, 0.25) is 0 Å². The number of aromatic nitrogens is 2. The molecule has 0 bridgehead atoms. The van der Waals surface area contributed by atoms with E-state index in [0.29, 0.717) is 5.56 Å². The van der Waals surface area contributed by atoms with Gasteiger partial charge in [-0.15, -0.1) is 0 Å². The van der Waals surface area contributed by atoms with Gasteiger partial charge in [0.05, 0.1) is 12.0 Å². The summed E-state index contributed by atoms with van der Waals surface area (Å²) in [5.74, 6) is 0.0985. The third-order valence-corrected chi connectivity index (χ3v) is 2.40. The van der Waals surface area contributed by atoms with E-state index >= 15 is 0 Å². The molecule has 0 fully saturated rings. The van der Waals surface area contributed by atoms with Crippen LogP contribution in [0.5, 0.6) is 0 Å². The molecule has 0 radical (unpaired) electrons. The monoisotopic (exact) mass is 216 g/mol. The average Bonchev–Trinajstić information content (AvgIpc) is 2.82. The van der Waals surface area contributed by atoms with Gasteiger partial charge in [0, 0.05) is 18.0 Å². The van der Waals surface area contributed by atoms with E-state index in [4.69, 9.17) is 10.9 Å². The zero-order valence-corrected chi connectivity index (χ0v) is 8.83. The third kappa shape index (κ3) is 1.75. The van der Waals surface area contributed by atoms with Gasteiger partial charge in [0.1, 0.15) is 0 Å². The number of imidazole rings is 1. The summed E-state index contributed by atoms with van der Waals surface area (Å²) >= 11 is 0. The second-order valence-corrected chi connectivity index (χ2v) is 3.46. The number of rotatable bonds is 2. The number of amidine groups is 1. The van der Waals surface area contributed by atoms with E-state index in [1.807, 2.05) is 35.9 Å². The van der Waals surface area contributed by atoms with Crippen molar-refractivity contribution < 1.29 is 5.21 Å². The molecule has 0 saturated heterocycles. The van der Waals surface area contributed by atoms with Crippen LogP contribution in [0.3, 0.4) is 0 Å². The second-order valence-electron chi connectivity index (χ2n) is 3.46. The van der Waals surface area contributed by atoms with Crippen LogP contribution in [0.4, 0.5) is 0 Å². The molecule has 0 aliphatic heterocycles. The first-order valence-electron chi connectivity index (χ1n) is 4.79. The summed E-state index contributed by atoms with van der Waals surface area (Å²) in [6.07, 6.45) is 5.26. The highest BCUT2D eigenvalue weighted by Gasteiger charge is 2.05. The maximum atomic E-state index is 8.62.